The molecule has 2 rings (SSSR count). The third-order valence-electron chi connectivity index (χ3n) is 4.34. The van der Waals surface area contributed by atoms with Gasteiger partial charge < -0.3 is 15.4 Å². The fourth-order valence-corrected chi connectivity index (χ4v) is 2.74. The molecule has 0 radical (unpaired) electrons. The van der Waals surface area contributed by atoms with Crippen LogP contribution in [0.5, 0.6) is 5.75 Å². The van der Waals surface area contributed by atoms with Gasteiger partial charge in [-0.3, -0.25) is 4.99 Å². The fraction of sp³-hybridized carbons (Fsp3) is 0.429. The van der Waals surface area contributed by atoms with Crippen LogP contribution >= 0.6 is 11.6 Å². The Morgan fingerprint density at radius 2 is 1.89 bits per heavy atom. The van der Waals surface area contributed by atoms with Crippen LogP contribution in [-0.4, -0.2) is 37.7 Å². The number of guanidine groups is 1. The Morgan fingerprint density at radius 3 is 2.48 bits per heavy atom. The number of ether oxygens (including phenoxy) is 1. The summed E-state index contributed by atoms with van der Waals surface area (Å²) in [6.07, 6.45) is 2.66. The molecular weight excluding hydrogens is 360 g/mol. The van der Waals surface area contributed by atoms with Gasteiger partial charge >= 0.3 is 0 Å². The van der Waals surface area contributed by atoms with Crippen molar-refractivity contribution in [3.8, 4) is 5.75 Å². The second kappa shape index (κ2) is 10.2. The van der Waals surface area contributed by atoms with E-state index in [1.165, 1.54) is 5.56 Å². The minimum Gasteiger partial charge on any atom is -0.497 e. The zero-order valence-corrected chi connectivity index (χ0v) is 17.3. The number of halogens is 1. The second-order valence-electron chi connectivity index (χ2n) is 6.97. The van der Waals surface area contributed by atoms with Crippen molar-refractivity contribution < 1.29 is 4.74 Å². The molecule has 6 heteroatoms. The summed E-state index contributed by atoms with van der Waals surface area (Å²) in [7, 11) is 1.68. The largest absolute Gasteiger partial charge is 0.497 e. The number of hydrogen-bond acceptors (Lipinski definition) is 3. The summed E-state index contributed by atoms with van der Waals surface area (Å²) in [5, 5.41) is 7.20. The van der Waals surface area contributed by atoms with Gasteiger partial charge in [0.1, 0.15) is 10.9 Å². The van der Waals surface area contributed by atoms with Crippen LogP contribution in [0.2, 0.25) is 5.15 Å². The molecule has 0 bridgehead atoms. The van der Waals surface area contributed by atoms with Gasteiger partial charge in [-0.1, -0.05) is 43.6 Å². The SMILES string of the molecule is CCNC(=NCC(C)(C)c1ccc(OC)cc1)NCCc1ccc(Cl)nc1. The van der Waals surface area contributed by atoms with E-state index in [0.717, 1.165) is 36.8 Å². The Hall–Kier alpha value is -2.27. The Balaban J connectivity index is 1.95. The first-order chi connectivity index (χ1) is 12.9. The number of nitrogens with zero attached hydrogens (tertiary/aromatic N) is 2. The molecule has 0 aliphatic heterocycles. The number of benzene rings is 1. The van der Waals surface area contributed by atoms with E-state index in [0.29, 0.717) is 11.7 Å². The number of methoxy groups -OCH3 is 1. The highest BCUT2D eigenvalue weighted by atomic mass is 35.5. The minimum atomic E-state index is -0.0747. The first kappa shape index (κ1) is 21.0. The van der Waals surface area contributed by atoms with E-state index in [1.54, 1.807) is 13.3 Å². The minimum absolute atomic E-state index is 0.0747. The molecule has 1 aromatic heterocycles. The molecule has 0 atom stereocenters. The fourth-order valence-electron chi connectivity index (χ4n) is 2.63. The van der Waals surface area contributed by atoms with Crippen molar-refractivity contribution in [3.05, 3.63) is 58.9 Å². The summed E-state index contributed by atoms with van der Waals surface area (Å²) >= 11 is 5.83. The molecule has 0 unspecified atom stereocenters. The normalized spacial score (nSPS) is 12.0. The third kappa shape index (κ3) is 6.75. The Labute approximate surface area is 167 Å². The lowest BCUT2D eigenvalue weighted by molar-refractivity contribution is 0.414. The summed E-state index contributed by atoms with van der Waals surface area (Å²) in [5.74, 6) is 1.69. The quantitative estimate of drug-likeness (QED) is 0.410. The summed E-state index contributed by atoms with van der Waals surface area (Å²) < 4.78 is 5.24. The molecular formula is C21H29ClN4O. The summed E-state index contributed by atoms with van der Waals surface area (Å²) in [6, 6.07) is 12.0. The number of hydrogen-bond donors (Lipinski definition) is 2. The molecule has 0 spiro atoms. The molecule has 0 aliphatic rings. The number of nitrogens with one attached hydrogen (secondary N) is 2. The lowest BCUT2D eigenvalue weighted by Gasteiger charge is -2.24. The van der Waals surface area contributed by atoms with Gasteiger partial charge in [-0.15, -0.1) is 0 Å². The monoisotopic (exact) mass is 388 g/mol. The van der Waals surface area contributed by atoms with Gasteiger partial charge in [0, 0.05) is 24.7 Å². The Morgan fingerprint density at radius 1 is 1.15 bits per heavy atom. The van der Waals surface area contributed by atoms with Crippen molar-refractivity contribution in [1.29, 1.82) is 0 Å². The second-order valence-corrected chi connectivity index (χ2v) is 7.36. The predicted molar refractivity (Wildman–Crippen MR) is 113 cm³/mol. The molecule has 2 N–H and O–H groups in total. The van der Waals surface area contributed by atoms with Crippen LogP contribution in [0.4, 0.5) is 0 Å². The summed E-state index contributed by atoms with van der Waals surface area (Å²) in [4.78, 5) is 8.89. The molecule has 0 amide bonds. The maximum atomic E-state index is 5.83. The van der Waals surface area contributed by atoms with E-state index in [-0.39, 0.29) is 5.41 Å². The van der Waals surface area contributed by atoms with E-state index >= 15 is 0 Å². The lowest BCUT2D eigenvalue weighted by atomic mass is 9.85. The van der Waals surface area contributed by atoms with Crippen LogP contribution in [0, 0.1) is 0 Å². The van der Waals surface area contributed by atoms with Crippen LogP contribution in [0.1, 0.15) is 31.9 Å². The van der Waals surface area contributed by atoms with Gasteiger partial charge in [-0.05, 0) is 42.7 Å². The van der Waals surface area contributed by atoms with Gasteiger partial charge in [-0.25, -0.2) is 4.98 Å². The van der Waals surface area contributed by atoms with Gasteiger partial charge in [0.05, 0.1) is 13.7 Å². The number of rotatable bonds is 8. The molecule has 0 aliphatic carbocycles. The van der Waals surface area contributed by atoms with E-state index in [9.17, 15) is 0 Å². The van der Waals surface area contributed by atoms with Crippen molar-refractivity contribution in [2.24, 2.45) is 4.99 Å². The van der Waals surface area contributed by atoms with Crippen molar-refractivity contribution in [2.45, 2.75) is 32.6 Å². The topological polar surface area (TPSA) is 58.5 Å². The molecule has 1 heterocycles. The zero-order chi connectivity index (χ0) is 19.7. The Kier molecular flexibility index (Phi) is 7.92. The van der Waals surface area contributed by atoms with Crippen molar-refractivity contribution in [2.75, 3.05) is 26.7 Å². The molecule has 1 aromatic carbocycles. The van der Waals surface area contributed by atoms with Crippen LogP contribution < -0.4 is 15.4 Å². The van der Waals surface area contributed by atoms with E-state index in [2.05, 4.69) is 48.5 Å². The number of aromatic nitrogens is 1. The van der Waals surface area contributed by atoms with Crippen LogP contribution in [0.25, 0.3) is 0 Å². The molecule has 0 saturated carbocycles. The number of aliphatic imine (C=N–C) groups is 1. The maximum absolute atomic E-state index is 5.83. The zero-order valence-electron chi connectivity index (χ0n) is 16.6. The van der Waals surface area contributed by atoms with Gasteiger partial charge in [0.15, 0.2) is 5.96 Å². The smallest absolute Gasteiger partial charge is 0.191 e. The molecule has 0 fully saturated rings. The van der Waals surface area contributed by atoms with E-state index < -0.39 is 0 Å². The summed E-state index contributed by atoms with van der Waals surface area (Å²) in [6.45, 7) is 8.73. The lowest BCUT2D eigenvalue weighted by Crippen LogP contribution is -2.39. The third-order valence-corrected chi connectivity index (χ3v) is 4.57. The van der Waals surface area contributed by atoms with Crippen molar-refractivity contribution in [3.63, 3.8) is 0 Å². The van der Waals surface area contributed by atoms with E-state index in [1.807, 2.05) is 24.3 Å². The van der Waals surface area contributed by atoms with Crippen molar-refractivity contribution >= 4 is 17.6 Å². The number of pyridine rings is 1. The highest BCUT2D eigenvalue weighted by Gasteiger charge is 2.20. The standard InChI is InChI=1S/C21H29ClN4O/c1-5-23-20(24-13-12-16-6-11-19(22)25-14-16)26-15-21(2,3)17-7-9-18(27-4)10-8-17/h6-11,14H,5,12-13,15H2,1-4H3,(H2,23,24,26). The van der Waals surface area contributed by atoms with E-state index in [4.69, 9.17) is 21.3 Å². The highest BCUT2D eigenvalue weighted by Crippen LogP contribution is 2.25. The maximum Gasteiger partial charge on any atom is 0.191 e. The van der Waals surface area contributed by atoms with Gasteiger partial charge in [0.2, 0.25) is 0 Å². The molecule has 0 saturated heterocycles. The van der Waals surface area contributed by atoms with Crippen molar-refractivity contribution in [1.82, 2.24) is 15.6 Å². The summed E-state index contributed by atoms with van der Waals surface area (Å²) in [5.41, 5.74) is 2.30. The molecule has 2 aromatic rings. The molecule has 27 heavy (non-hydrogen) atoms. The average molecular weight is 389 g/mol. The first-order valence-electron chi connectivity index (χ1n) is 9.22. The van der Waals surface area contributed by atoms with Crippen LogP contribution in [-0.2, 0) is 11.8 Å². The highest BCUT2D eigenvalue weighted by molar-refractivity contribution is 6.29. The average Bonchev–Trinajstić information content (AvgIpc) is 2.67. The van der Waals surface area contributed by atoms with Gasteiger partial charge in [0.25, 0.3) is 0 Å². The van der Waals surface area contributed by atoms with Crippen LogP contribution in [0.15, 0.2) is 47.6 Å². The molecule has 146 valence electrons. The van der Waals surface area contributed by atoms with Gasteiger partial charge in [-0.2, -0.15) is 0 Å². The predicted octanol–water partition coefficient (Wildman–Crippen LogP) is 3.82. The Bertz CT molecular complexity index is 727. The molecule has 5 nitrogen and oxygen atoms in total. The first-order valence-corrected chi connectivity index (χ1v) is 9.59. The van der Waals surface area contributed by atoms with Crippen LogP contribution in [0.3, 0.4) is 0 Å².